The normalized spacial score (nSPS) is 22.0. The molecule has 5 nitrogen and oxygen atoms in total. The van der Waals surface area contributed by atoms with Crippen molar-refractivity contribution in [1.29, 1.82) is 0 Å². The zero-order valence-corrected chi connectivity index (χ0v) is 17.8. The molecule has 0 N–H and O–H groups in total. The van der Waals surface area contributed by atoms with Crippen molar-refractivity contribution in [2.75, 3.05) is 26.2 Å². The van der Waals surface area contributed by atoms with Gasteiger partial charge in [0.1, 0.15) is 0 Å². The molecule has 2 aliphatic rings. The molecule has 0 spiro atoms. The maximum atomic E-state index is 13.9. The molecule has 1 atom stereocenters. The Hall–Kier alpha value is -2.86. The summed E-state index contributed by atoms with van der Waals surface area (Å²) in [7, 11) is 0. The van der Waals surface area contributed by atoms with E-state index in [1.165, 1.54) is 0 Å². The van der Waals surface area contributed by atoms with E-state index < -0.39 is 5.54 Å². The van der Waals surface area contributed by atoms with Gasteiger partial charge in [-0.2, -0.15) is 0 Å². The first-order chi connectivity index (χ1) is 15.1. The summed E-state index contributed by atoms with van der Waals surface area (Å²) in [5.74, 6) is -0.396. The van der Waals surface area contributed by atoms with Crippen LogP contribution in [0, 0.1) is 0 Å². The maximum absolute atomic E-state index is 13.9. The monoisotopic (exact) mass is 431 g/mol. The summed E-state index contributed by atoms with van der Waals surface area (Å²) in [5.41, 5.74) is 1.27. The van der Waals surface area contributed by atoms with E-state index in [0.29, 0.717) is 34.8 Å². The molecule has 31 heavy (non-hydrogen) atoms. The van der Waals surface area contributed by atoms with Crippen molar-refractivity contribution in [3.05, 3.63) is 100 Å². The van der Waals surface area contributed by atoms with Gasteiger partial charge in [-0.05, 0) is 23.3 Å². The Labute approximate surface area is 186 Å². The highest BCUT2D eigenvalue weighted by Gasteiger charge is 2.58. The summed E-state index contributed by atoms with van der Waals surface area (Å²) in [5, 5.41) is 0.337. The van der Waals surface area contributed by atoms with Gasteiger partial charge in [0.05, 0.1) is 5.02 Å². The first-order valence-electron chi connectivity index (χ1n) is 10.4. The molecule has 2 heterocycles. The van der Waals surface area contributed by atoms with Crippen LogP contribution in [0.5, 0.6) is 0 Å². The Morgan fingerprint density at radius 3 is 2.32 bits per heavy atom. The summed E-state index contributed by atoms with van der Waals surface area (Å²) < 4.78 is 0. The van der Waals surface area contributed by atoms with Crippen LogP contribution >= 0.6 is 11.6 Å². The van der Waals surface area contributed by atoms with Crippen LogP contribution in [0.3, 0.4) is 0 Å². The SMILES string of the molecule is O=C1c2cccc(Cl)c2C(=O)C1(c1ccccc1)N1CCN(Cc2cccnc2)CC1. The molecule has 1 fully saturated rings. The van der Waals surface area contributed by atoms with Crippen molar-refractivity contribution in [2.45, 2.75) is 12.1 Å². The molecule has 6 heteroatoms. The van der Waals surface area contributed by atoms with Crippen molar-refractivity contribution in [2.24, 2.45) is 0 Å². The van der Waals surface area contributed by atoms with Gasteiger partial charge in [-0.3, -0.25) is 24.4 Å². The van der Waals surface area contributed by atoms with Gasteiger partial charge in [-0.15, -0.1) is 0 Å². The molecule has 0 radical (unpaired) electrons. The van der Waals surface area contributed by atoms with Crippen LogP contribution in [0.25, 0.3) is 0 Å². The number of Topliss-reactive ketones (excluding diaryl/α,β-unsaturated/α-hetero) is 2. The Kier molecular flexibility index (Phi) is 5.18. The number of nitrogens with zero attached hydrogens (tertiary/aromatic N) is 3. The number of benzene rings is 2. The molecule has 0 saturated carbocycles. The number of ketones is 2. The van der Waals surface area contributed by atoms with Gasteiger partial charge < -0.3 is 0 Å². The van der Waals surface area contributed by atoms with E-state index in [-0.39, 0.29) is 11.6 Å². The van der Waals surface area contributed by atoms with Gasteiger partial charge >= 0.3 is 0 Å². The minimum Gasteiger partial charge on any atom is -0.296 e. The van der Waals surface area contributed by atoms with Crippen LogP contribution in [0.1, 0.15) is 31.8 Å². The van der Waals surface area contributed by atoms with E-state index in [1.54, 1.807) is 24.4 Å². The molecule has 1 saturated heterocycles. The van der Waals surface area contributed by atoms with Crippen molar-refractivity contribution in [3.8, 4) is 0 Å². The summed E-state index contributed by atoms with van der Waals surface area (Å²) in [6.07, 6.45) is 3.64. The van der Waals surface area contributed by atoms with E-state index in [0.717, 1.165) is 25.2 Å². The Bertz CT molecular complexity index is 1130. The molecule has 3 aromatic rings. The Morgan fingerprint density at radius 2 is 1.65 bits per heavy atom. The predicted octanol–water partition coefficient (Wildman–Crippen LogP) is 3.83. The lowest BCUT2D eigenvalue weighted by Crippen LogP contribution is -2.60. The highest BCUT2D eigenvalue weighted by Crippen LogP contribution is 2.45. The lowest BCUT2D eigenvalue weighted by atomic mass is 9.82. The van der Waals surface area contributed by atoms with Crippen LogP contribution < -0.4 is 0 Å². The van der Waals surface area contributed by atoms with Crippen LogP contribution in [-0.4, -0.2) is 52.5 Å². The fourth-order valence-corrected chi connectivity index (χ4v) is 5.09. The van der Waals surface area contributed by atoms with Crippen molar-refractivity contribution in [1.82, 2.24) is 14.8 Å². The number of hydrogen-bond donors (Lipinski definition) is 0. The number of fused-ring (bicyclic) bond motifs is 1. The van der Waals surface area contributed by atoms with Crippen molar-refractivity contribution < 1.29 is 9.59 Å². The average Bonchev–Trinajstić information content (AvgIpc) is 3.04. The predicted molar refractivity (Wildman–Crippen MR) is 119 cm³/mol. The van der Waals surface area contributed by atoms with Crippen molar-refractivity contribution >= 4 is 23.2 Å². The third-order valence-electron chi connectivity index (χ3n) is 6.31. The molecule has 0 bridgehead atoms. The standard InChI is InChI=1S/C25H22ClN3O2/c26-21-10-4-9-20-22(21)24(31)25(23(20)30,19-7-2-1-3-8-19)29-14-12-28(13-15-29)17-18-6-5-11-27-16-18/h1-11,16H,12-15,17H2. The molecule has 0 amide bonds. The first-order valence-corrected chi connectivity index (χ1v) is 10.8. The van der Waals surface area contributed by atoms with Crippen molar-refractivity contribution in [3.63, 3.8) is 0 Å². The summed E-state index contributed by atoms with van der Waals surface area (Å²) >= 11 is 6.39. The van der Waals surface area contributed by atoms with Crippen LogP contribution in [0.2, 0.25) is 5.02 Å². The highest BCUT2D eigenvalue weighted by molar-refractivity contribution is 6.41. The van der Waals surface area contributed by atoms with Gasteiger partial charge in [-0.25, -0.2) is 0 Å². The molecule has 1 aromatic heterocycles. The number of rotatable bonds is 4. The van der Waals surface area contributed by atoms with Gasteiger partial charge in [0.15, 0.2) is 17.1 Å². The second-order valence-corrected chi connectivity index (χ2v) is 8.43. The Balaban J connectivity index is 1.49. The Morgan fingerprint density at radius 1 is 0.871 bits per heavy atom. The van der Waals surface area contributed by atoms with E-state index in [1.807, 2.05) is 47.5 Å². The molecular formula is C25H22ClN3O2. The maximum Gasteiger partial charge on any atom is 0.197 e. The molecule has 1 unspecified atom stereocenters. The number of hydrogen-bond acceptors (Lipinski definition) is 5. The minimum atomic E-state index is -1.35. The fourth-order valence-electron chi connectivity index (χ4n) is 4.83. The molecule has 156 valence electrons. The topological polar surface area (TPSA) is 53.5 Å². The number of carbonyl (C=O) groups excluding carboxylic acids is 2. The minimum absolute atomic E-state index is 0.179. The number of aromatic nitrogens is 1. The van der Waals surface area contributed by atoms with E-state index in [4.69, 9.17) is 11.6 Å². The van der Waals surface area contributed by atoms with Gasteiger partial charge in [0.25, 0.3) is 0 Å². The number of carbonyl (C=O) groups is 2. The van der Waals surface area contributed by atoms with E-state index in [9.17, 15) is 9.59 Å². The van der Waals surface area contributed by atoms with Gasteiger partial charge in [0.2, 0.25) is 0 Å². The van der Waals surface area contributed by atoms with Crippen LogP contribution in [-0.2, 0) is 12.1 Å². The zero-order chi connectivity index (χ0) is 21.4. The third-order valence-corrected chi connectivity index (χ3v) is 6.62. The fraction of sp³-hybridized carbons (Fsp3) is 0.240. The van der Waals surface area contributed by atoms with Crippen LogP contribution in [0.15, 0.2) is 73.1 Å². The van der Waals surface area contributed by atoms with E-state index >= 15 is 0 Å². The highest BCUT2D eigenvalue weighted by atomic mass is 35.5. The quantitative estimate of drug-likeness (QED) is 0.588. The van der Waals surface area contributed by atoms with Gasteiger partial charge in [0, 0.05) is 56.2 Å². The molecule has 1 aliphatic heterocycles. The second-order valence-electron chi connectivity index (χ2n) is 8.02. The molecule has 1 aliphatic carbocycles. The molecular weight excluding hydrogens is 410 g/mol. The van der Waals surface area contributed by atoms with E-state index in [2.05, 4.69) is 16.0 Å². The smallest absolute Gasteiger partial charge is 0.197 e. The van der Waals surface area contributed by atoms with Gasteiger partial charge in [-0.1, -0.05) is 60.1 Å². The zero-order valence-electron chi connectivity index (χ0n) is 17.0. The summed E-state index contributed by atoms with van der Waals surface area (Å²) in [6, 6.07) is 18.5. The third kappa shape index (κ3) is 3.21. The molecule has 2 aromatic carbocycles. The lowest BCUT2D eigenvalue weighted by molar-refractivity contribution is 0.0279. The largest absolute Gasteiger partial charge is 0.296 e. The van der Waals surface area contributed by atoms with Crippen LogP contribution in [0.4, 0.5) is 0 Å². The number of pyridine rings is 1. The lowest BCUT2D eigenvalue weighted by Gasteiger charge is -2.44. The average molecular weight is 432 g/mol. The first kappa shape index (κ1) is 20.1. The molecule has 5 rings (SSSR count). The number of halogens is 1. The summed E-state index contributed by atoms with van der Waals surface area (Å²) in [4.78, 5) is 36.2. The summed E-state index contributed by atoms with van der Waals surface area (Å²) in [6.45, 7) is 3.53. The second kappa shape index (κ2) is 8.00. The number of piperazine rings is 1.